The van der Waals surface area contributed by atoms with Crippen LogP contribution < -0.4 is 14.2 Å². The smallest absolute Gasteiger partial charge is 0.240 e. The number of rotatable bonds is 4. The number of sulfonamides is 1. The van der Waals surface area contributed by atoms with Gasteiger partial charge in [0.25, 0.3) is 0 Å². The number of ether oxygens (including phenoxy) is 2. The van der Waals surface area contributed by atoms with E-state index in [4.69, 9.17) is 9.47 Å². The summed E-state index contributed by atoms with van der Waals surface area (Å²) in [7, 11) is -3.58. The van der Waals surface area contributed by atoms with Crippen LogP contribution in [0.4, 0.5) is 0 Å². The SMILES string of the molecule is O=S(=O)(NCC1COc2ccccc2O1)c1cccc(Br)c1. The fourth-order valence-corrected chi connectivity index (χ4v) is 3.75. The van der Waals surface area contributed by atoms with Crippen molar-refractivity contribution in [3.63, 3.8) is 0 Å². The molecule has 22 heavy (non-hydrogen) atoms. The lowest BCUT2D eigenvalue weighted by Gasteiger charge is -2.26. The maximum atomic E-state index is 12.2. The number of para-hydroxylation sites is 2. The van der Waals surface area contributed by atoms with Gasteiger partial charge >= 0.3 is 0 Å². The highest BCUT2D eigenvalue weighted by Crippen LogP contribution is 2.30. The summed E-state index contributed by atoms with van der Waals surface area (Å²) in [4.78, 5) is 0.207. The van der Waals surface area contributed by atoms with E-state index >= 15 is 0 Å². The van der Waals surface area contributed by atoms with Crippen molar-refractivity contribution in [3.8, 4) is 11.5 Å². The summed E-state index contributed by atoms with van der Waals surface area (Å²) in [5.41, 5.74) is 0. The van der Waals surface area contributed by atoms with E-state index in [1.165, 1.54) is 0 Å². The van der Waals surface area contributed by atoms with E-state index in [-0.39, 0.29) is 17.5 Å². The number of hydrogen-bond donors (Lipinski definition) is 1. The Bertz CT molecular complexity index is 779. The molecule has 5 nitrogen and oxygen atoms in total. The van der Waals surface area contributed by atoms with Gasteiger partial charge in [0.05, 0.1) is 11.4 Å². The molecule has 0 amide bonds. The van der Waals surface area contributed by atoms with Crippen LogP contribution in [0.25, 0.3) is 0 Å². The summed E-state index contributed by atoms with van der Waals surface area (Å²) in [5, 5.41) is 0. The molecule has 3 rings (SSSR count). The molecule has 0 fully saturated rings. The zero-order chi connectivity index (χ0) is 15.6. The van der Waals surface area contributed by atoms with Crippen molar-refractivity contribution in [2.45, 2.75) is 11.0 Å². The van der Waals surface area contributed by atoms with Gasteiger partial charge < -0.3 is 9.47 Å². The van der Waals surface area contributed by atoms with Gasteiger partial charge in [0.2, 0.25) is 10.0 Å². The summed E-state index contributed by atoms with van der Waals surface area (Å²) in [6.07, 6.45) is -0.364. The summed E-state index contributed by atoms with van der Waals surface area (Å²) in [6.45, 7) is 0.446. The number of halogens is 1. The van der Waals surface area contributed by atoms with Gasteiger partial charge in [0, 0.05) is 4.47 Å². The van der Waals surface area contributed by atoms with E-state index in [0.29, 0.717) is 22.6 Å². The molecule has 1 unspecified atom stereocenters. The van der Waals surface area contributed by atoms with Gasteiger partial charge in [-0.1, -0.05) is 34.1 Å². The van der Waals surface area contributed by atoms with E-state index in [1.807, 2.05) is 18.2 Å². The highest BCUT2D eigenvalue weighted by Gasteiger charge is 2.23. The van der Waals surface area contributed by atoms with Crippen LogP contribution in [0.15, 0.2) is 57.9 Å². The molecule has 7 heteroatoms. The third-order valence-electron chi connectivity index (χ3n) is 3.17. The van der Waals surface area contributed by atoms with Crippen LogP contribution in [0.2, 0.25) is 0 Å². The van der Waals surface area contributed by atoms with Gasteiger partial charge in [-0.2, -0.15) is 0 Å². The molecule has 1 heterocycles. The highest BCUT2D eigenvalue weighted by molar-refractivity contribution is 9.10. The first-order chi connectivity index (χ1) is 10.5. The van der Waals surface area contributed by atoms with Crippen molar-refractivity contribution in [1.29, 1.82) is 0 Å². The van der Waals surface area contributed by atoms with Crippen molar-refractivity contribution in [2.24, 2.45) is 0 Å². The third-order valence-corrected chi connectivity index (χ3v) is 5.09. The lowest BCUT2D eigenvalue weighted by atomic mass is 10.2. The Kier molecular flexibility index (Phi) is 4.37. The fraction of sp³-hybridized carbons (Fsp3) is 0.200. The summed E-state index contributed by atoms with van der Waals surface area (Å²) in [6, 6.07) is 13.9. The van der Waals surface area contributed by atoms with E-state index in [1.54, 1.807) is 30.3 Å². The Labute approximate surface area is 137 Å². The summed E-state index contributed by atoms with van der Waals surface area (Å²) < 4.78 is 39.0. The molecular weight excluding hydrogens is 370 g/mol. The zero-order valence-electron chi connectivity index (χ0n) is 11.5. The second-order valence-electron chi connectivity index (χ2n) is 4.81. The van der Waals surface area contributed by atoms with E-state index in [2.05, 4.69) is 20.7 Å². The Morgan fingerprint density at radius 2 is 1.91 bits per heavy atom. The van der Waals surface area contributed by atoms with E-state index < -0.39 is 10.0 Å². The van der Waals surface area contributed by atoms with Crippen molar-refractivity contribution < 1.29 is 17.9 Å². The third kappa shape index (κ3) is 3.43. The van der Waals surface area contributed by atoms with E-state index in [9.17, 15) is 8.42 Å². The second-order valence-corrected chi connectivity index (χ2v) is 7.49. The quantitative estimate of drug-likeness (QED) is 0.880. The normalized spacial score (nSPS) is 17.2. The van der Waals surface area contributed by atoms with Crippen LogP contribution in [-0.4, -0.2) is 27.7 Å². The standard InChI is InChI=1S/C15H14BrNO4S/c16-11-4-3-5-13(8-11)22(18,19)17-9-12-10-20-14-6-1-2-7-15(14)21-12/h1-8,12,17H,9-10H2. The van der Waals surface area contributed by atoms with Crippen molar-refractivity contribution >= 4 is 26.0 Å². The molecule has 0 bridgehead atoms. The molecule has 0 radical (unpaired) electrons. The average Bonchev–Trinajstić information content (AvgIpc) is 2.53. The molecule has 1 atom stereocenters. The first-order valence-corrected chi connectivity index (χ1v) is 8.96. The minimum Gasteiger partial charge on any atom is -0.486 e. The van der Waals surface area contributed by atoms with Gasteiger partial charge in [0.1, 0.15) is 12.7 Å². The first-order valence-electron chi connectivity index (χ1n) is 6.68. The number of hydrogen-bond acceptors (Lipinski definition) is 4. The average molecular weight is 384 g/mol. The largest absolute Gasteiger partial charge is 0.486 e. The van der Waals surface area contributed by atoms with Crippen LogP contribution in [0.1, 0.15) is 0 Å². The van der Waals surface area contributed by atoms with E-state index in [0.717, 1.165) is 0 Å². The molecule has 0 aliphatic carbocycles. The topological polar surface area (TPSA) is 64.6 Å². The van der Waals surface area contributed by atoms with Crippen LogP contribution >= 0.6 is 15.9 Å². The molecule has 0 aromatic heterocycles. The minimum absolute atomic E-state index is 0.142. The fourth-order valence-electron chi connectivity index (χ4n) is 2.08. The maximum absolute atomic E-state index is 12.2. The first kappa shape index (κ1) is 15.3. The molecule has 116 valence electrons. The molecule has 2 aromatic rings. The van der Waals surface area contributed by atoms with Crippen LogP contribution in [0, 0.1) is 0 Å². The molecule has 0 saturated heterocycles. The molecule has 1 aliphatic rings. The zero-order valence-corrected chi connectivity index (χ0v) is 13.9. The predicted octanol–water partition coefficient (Wildman–Crippen LogP) is 2.57. The number of benzene rings is 2. The monoisotopic (exact) mass is 383 g/mol. The van der Waals surface area contributed by atoms with Crippen molar-refractivity contribution in [2.75, 3.05) is 13.2 Å². The molecule has 0 spiro atoms. The Balaban J connectivity index is 1.66. The Morgan fingerprint density at radius 1 is 1.14 bits per heavy atom. The molecule has 1 aliphatic heterocycles. The summed E-state index contributed by atoms with van der Waals surface area (Å²) in [5.74, 6) is 1.30. The molecule has 2 aromatic carbocycles. The van der Waals surface area contributed by atoms with Gasteiger partial charge in [-0.05, 0) is 30.3 Å². The lowest BCUT2D eigenvalue weighted by Crippen LogP contribution is -2.40. The van der Waals surface area contributed by atoms with Gasteiger partial charge in [-0.15, -0.1) is 0 Å². The Hall–Kier alpha value is -1.57. The molecule has 1 N–H and O–H groups in total. The van der Waals surface area contributed by atoms with Crippen LogP contribution in [0.3, 0.4) is 0 Å². The summed E-state index contributed by atoms with van der Waals surface area (Å²) >= 11 is 3.26. The number of fused-ring (bicyclic) bond motifs is 1. The lowest BCUT2D eigenvalue weighted by molar-refractivity contribution is 0.0943. The minimum atomic E-state index is -3.58. The highest BCUT2D eigenvalue weighted by atomic mass is 79.9. The van der Waals surface area contributed by atoms with Gasteiger partial charge in [-0.3, -0.25) is 0 Å². The van der Waals surface area contributed by atoms with Gasteiger partial charge in [0.15, 0.2) is 11.5 Å². The van der Waals surface area contributed by atoms with Crippen molar-refractivity contribution in [1.82, 2.24) is 4.72 Å². The van der Waals surface area contributed by atoms with Gasteiger partial charge in [-0.25, -0.2) is 13.1 Å². The molecule has 0 saturated carbocycles. The number of nitrogens with one attached hydrogen (secondary N) is 1. The van der Waals surface area contributed by atoms with Crippen LogP contribution in [-0.2, 0) is 10.0 Å². The second kappa shape index (κ2) is 6.28. The maximum Gasteiger partial charge on any atom is 0.240 e. The predicted molar refractivity (Wildman–Crippen MR) is 85.7 cm³/mol. The van der Waals surface area contributed by atoms with Crippen LogP contribution in [0.5, 0.6) is 11.5 Å². The Morgan fingerprint density at radius 3 is 2.68 bits per heavy atom. The van der Waals surface area contributed by atoms with Crippen molar-refractivity contribution in [3.05, 3.63) is 53.0 Å². The molecular formula is C15H14BrNO4S.